The number of amides is 2. The first-order chi connectivity index (χ1) is 33.0. The van der Waals surface area contributed by atoms with Gasteiger partial charge in [-0.3, -0.25) is 19.4 Å². The highest BCUT2D eigenvalue weighted by Crippen LogP contribution is 2.61. The Bertz CT molecular complexity index is 2970. The third kappa shape index (κ3) is 5.78. The number of ether oxygens (including phenoxy) is 6. The van der Waals surface area contributed by atoms with Crippen LogP contribution < -0.4 is 28.4 Å². The lowest BCUT2D eigenvalue weighted by Crippen LogP contribution is -2.67. The van der Waals surface area contributed by atoms with Crippen LogP contribution in [0.15, 0.2) is 17.8 Å². The predicted molar refractivity (Wildman–Crippen MR) is 243 cm³/mol. The summed E-state index contributed by atoms with van der Waals surface area (Å²) in [6.45, 7) is 6.23. The van der Waals surface area contributed by atoms with Gasteiger partial charge >= 0.3 is 0 Å². The largest absolute Gasteiger partial charge is 0.507 e. The third-order valence-electron chi connectivity index (χ3n) is 15.8. The van der Waals surface area contributed by atoms with E-state index in [9.17, 15) is 45.3 Å². The fourth-order valence-corrected chi connectivity index (χ4v) is 12.7. The predicted octanol–water partition coefficient (Wildman–Crippen LogP) is 3.62. The Morgan fingerprint density at radius 2 is 1.16 bits per heavy atom. The van der Waals surface area contributed by atoms with Crippen molar-refractivity contribution in [1.82, 2.24) is 19.6 Å². The number of likely N-dealkylation sites (N-methyl/N-ethyl adjacent to an activating group) is 2. The summed E-state index contributed by atoms with van der Waals surface area (Å²) < 4.78 is 33.5. The van der Waals surface area contributed by atoms with Gasteiger partial charge in [0.2, 0.25) is 25.4 Å². The van der Waals surface area contributed by atoms with Gasteiger partial charge in [-0.1, -0.05) is 12.1 Å². The van der Waals surface area contributed by atoms with Crippen molar-refractivity contribution in [2.75, 3.05) is 55.1 Å². The summed E-state index contributed by atoms with van der Waals surface area (Å²) in [7, 11) is 6.65. The van der Waals surface area contributed by atoms with Crippen molar-refractivity contribution in [2.45, 2.75) is 88.9 Å². The fourth-order valence-electron chi connectivity index (χ4n) is 12.7. The van der Waals surface area contributed by atoms with Gasteiger partial charge in [0.15, 0.2) is 46.0 Å². The molecule has 8 atom stereocenters. The number of aliphatic hydroxyl groups is 3. The summed E-state index contributed by atoms with van der Waals surface area (Å²) in [5, 5.41) is 77.5. The molecule has 2 amide bonds. The number of piperazine rings is 2. The van der Waals surface area contributed by atoms with Crippen molar-refractivity contribution in [3.05, 3.63) is 84.6 Å². The number of benzene rings is 4. The highest BCUT2D eigenvalue weighted by atomic mass is 16.7. The van der Waals surface area contributed by atoms with E-state index in [1.165, 1.54) is 19.1 Å². The molecule has 0 saturated carbocycles. The summed E-state index contributed by atoms with van der Waals surface area (Å²) in [6.07, 6.45) is 1.23. The molecule has 69 heavy (non-hydrogen) atoms. The summed E-state index contributed by atoms with van der Waals surface area (Å²) in [6, 6.07) is -0.768. The summed E-state index contributed by atoms with van der Waals surface area (Å²) in [5.74, 6) is 1.74. The van der Waals surface area contributed by atoms with Crippen molar-refractivity contribution < 1.29 is 73.8 Å². The average Bonchev–Trinajstić information content (AvgIpc) is 4.03. The van der Waals surface area contributed by atoms with Crippen molar-refractivity contribution >= 4 is 17.9 Å². The second-order valence-electron chi connectivity index (χ2n) is 19.0. The van der Waals surface area contributed by atoms with Gasteiger partial charge in [0.05, 0.1) is 69.7 Å². The van der Waals surface area contributed by atoms with E-state index < -0.39 is 55.0 Å². The number of nitrogens with zero attached hydrogens (tertiary/aromatic N) is 4. The number of rotatable bonds is 4. The third-order valence-corrected chi connectivity index (χ3v) is 15.8. The number of phenols is 4. The van der Waals surface area contributed by atoms with Gasteiger partial charge in [-0.2, -0.15) is 0 Å². The number of aryl methyl sites for hydroxylation is 2. The molecule has 2 fully saturated rings. The average molecular weight is 951 g/mol. The molecule has 19 heteroatoms. The summed E-state index contributed by atoms with van der Waals surface area (Å²) in [5.41, 5.74) is 7.58. The number of phenolic OH excluding ortho intramolecular Hbond substituents is 4. The molecule has 8 aliphatic heterocycles. The SMILES string of the molecule is COc1c(C)cc2c(c1O)[C@@H]1C3=Cc4c(O)c(C)c5c(c4[C@H](CO)N3C(=O)[C@H](C2)N1C)OCO5.COc1c(C)cc2c(c1O)[C@@H]1[C@H]3C(O)c4c(O)c(C)c5c(c4[C@H](CO)N3C(=O)[C@H](C2)N1C)OCO5. The Morgan fingerprint density at radius 3 is 1.74 bits per heavy atom. The Balaban J connectivity index is 0.000000151. The summed E-state index contributed by atoms with van der Waals surface area (Å²) >= 11 is 0. The van der Waals surface area contributed by atoms with Crippen LogP contribution in [-0.2, 0) is 22.4 Å². The van der Waals surface area contributed by atoms with Gasteiger partial charge in [-0.05, 0) is 83.0 Å². The molecule has 8 aliphatic rings. The van der Waals surface area contributed by atoms with Crippen LogP contribution in [0.25, 0.3) is 6.08 Å². The van der Waals surface area contributed by atoms with Crippen molar-refractivity contribution in [3.8, 4) is 57.5 Å². The highest BCUT2D eigenvalue weighted by molar-refractivity contribution is 5.92. The van der Waals surface area contributed by atoms with E-state index in [1.54, 1.807) is 31.9 Å². The van der Waals surface area contributed by atoms with Crippen LogP contribution in [0.3, 0.4) is 0 Å². The minimum atomic E-state index is -1.32. The number of hydrogen-bond donors (Lipinski definition) is 7. The molecule has 364 valence electrons. The molecule has 0 radical (unpaired) electrons. The second-order valence-corrected chi connectivity index (χ2v) is 19.0. The molecule has 12 rings (SSSR count). The minimum absolute atomic E-state index is 0.00309. The molecule has 4 aromatic carbocycles. The highest BCUT2D eigenvalue weighted by Gasteiger charge is 2.59. The number of carbonyl (C=O) groups excluding carboxylic acids is 2. The van der Waals surface area contributed by atoms with Gasteiger partial charge in [-0.25, -0.2) is 0 Å². The number of hydrogen-bond acceptors (Lipinski definition) is 17. The van der Waals surface area contributed by atoms with E-state index in [1.807, 2.05) is 42.8 Å². The van der Waals surface area contributed by atoms with Crippen molar-refractivity contribution in [1.29, 1.82) is 0 Å². The van der Waals surface area contributed by atoms with Crippen LogP contribution >= 0.6 is 0 Å². The Morgan fingerprint density at radius 1 is 0.638 bits per heavy atom. The number of fused-ring (bicyclic) bond motifs is 18. The Kier molecular flexibility index (Phi) is 10.2. The van der Waals surface area contributed by atoms with E-state index in [2.05, 4.69) is 0 Å². The van der Waals surface area contributed by atoms with Gasteiger partial charge in [0.1, 0.15) is 17.6 Å². The zero-order chi connectivity index (χ0) is 49.0. The molecule has 0 aliphatic carbocycles. The minimum Gasteiger partial charge on any atom is -0.507 e. The molecule has 0 spiro atoms. The molecule has 0 aromatic heterocycles. The molecular weight excluding hydrogens is 897 g/mol. The lowest BCUT2D eigenvalue weighted by Gasteiger charge is -2.58. The van der Waals surface area contributed by atoms with Gasteiger partial charge in [0.25, 0.3) is 0 Å². The Labute approximate surface area is 396 Å². The van der Waals surface area contributed by atoms with Crippen LogP contribution in [-0.4, -0.2) is 140 Å². The van der Waals surface area contributed by atoms with Crippen LogP contribution in [0.2, 0.25) is 0 Å². The maximum Gasteiger partial charge on any atom is 0.245 e. The van der Waals surface area contributed by atoms with E-state index >= 15 is 0 Å². The summed E-state index contributed by atoms with van der Waals surface area (Å²) in [4.78, 5) is 34.6. The quantitative estimate of drug-likeness (QED) is 0.155. The molecule has 19 nitrogen and oxygen atoms in total. The van der Waals surface area contributed by atoms with Gasteiger partial charge in [-0.15, -0.1) is 0 Å². The van der Waals surface area contributed by atoms with Crippen molar-refractivity contribution in [3.63, 3.8) is 0 Å². The monoisotopic (exact) mass is 950 g/mol. The molecule has 8 heterocycles. The number of aromatic hydroxyl groups is 4. The standard InChI is InChI=1S/C25H28N2O8.C25H26N2O7/c1-9-5-11-6-12-25(32)27-13(7-28)15-16(19(29)10(2)23-24(15)35-8-34-23)20(30)18(27)17(26(12)3)14(11)21(31)22(9)33-4;1-10-5-12-6-15-25(31)27-14(19(26(15)3)17(12)21(30)22(10)32-4)7-13-18(16(27)8-28)24-23(33-9-34-24)11(2)20(13)29/h5,12-13,17-18,20,28-31H,6-8H2,1-4H3;5,7,15-16,19,28-30H,6,8-9H2,1-4H3/t12-,13-,17+,18-,20?;15-,16-,19-/m00/s1. The first-order valence-electron chi connectivity index (χ1n) is 22.8. The van der Waals surface area contributed by atoms with E-state index in [0.29, 0.717) is 92.0 Å². The van der Waals surface area contributed by atoms with Gasteiger partial charge < -0.3 is 74.0 Å². The van der Waals surface area contributed by atoms with Crippen LogP contribution in [0.1, 0.15) is 97.0 Å². The maximum atomic E-state index is 13.9. The lowest BCUT2D eigenvalue weighted by atomic mass is 9.72. The first kappa shape index (κ1) is 44.8. The Hall–Kier alpha value is -6.64. The zero-order valence-electron chi connectivity index (χ0n) is 39.3. The molecule has 4 aromatic rings. The van der Waals surface area contributed by atoms with E-state index in [-0.39, 0.29) is 60.6 Å². The second kappa shape index (κ2) is 15.7. The van der Waals surface area contributed by atoms with Gasteiger partial charge in [0, 0.05) is 50.2 Å². The fraction of sp³-hybridized carbons (Fsp3) is 0.440. The molecular formula is C50H54N4O15. The lowest BCUT2D eigenvalue weighted by molar-refractivity contribution is -0.168. The van der Waals surface area contributed by atoms with Crippen LogP contribution in [0.4, 0.5) is 0 Å². The molecule has 2 saturated heterocycles. The van der Waals surface area contributed by atoms with Crippen LogP contribution in [0.5, 0.6) is 57.5 Å². The number of aliphatic hydroxyl groups excluding tert-OH is 3. The van der Waals surface area contributed by atoms with Crippen LogP contribution in [0, 0.1) is 27.7 Å². The molecule has 4 bridgehead atoms. The molecule has 1 unspecified atom stereocenters. The normalized spacial score (nSPS) is 26.4. The van der Waals surface area contributed by atoms with E-state index in [0.717, 1.165) is 22.3 Å². The maximum absolute atomic E-state index is 13.9. The zero-order valence-corrected chi connectivity index (χ0v) is 39.3. The first-order valence-corrected chi connectivity index (χ1v) is 22.8. The number of methoxy groups -OCH3 is 2. The molecule has 7 N–H and O–H groups in total. The number of carbonyl (C=O) groups is 2. The van der Waals surface area contributed by atoms with Crippen molar-refractivity contribution in [2.24, 2.45) is 0 Å². The smallest absolute Gasteiger partial charge is 0.245 e. The van der Waals surface area contributed by atoms with E-state index in [4.69, 9.17) is 28.4 Å². The topological polar surface area (TPSA) is 244 Å².